The Hall–Kier alpha value is -5.66. The number of halogens is 7. The second-order valence-corrected chi connectivity index (χ2v) is 34.2. The Balaban J connectivity index is 0.000000359. The van der Waals surface area contributed by atoms with Gasteiger partial charge in [0.1, 0.15) is 22.7 Å². The fourth-order valence-electron chi connectivity index (χ4n) is 11.4. The SMILES string of the molecule is COC(=O)C(CCCCCC(=O)OC(C)(C)C)Oc1ccc(CCCN(C)CC(c2ccc(Cl)cc2)c2ccc(Cl)cc2)cc1.COC(O[Si](C)(C)C)(C(CCCCCC(=O)OC(C)(C)C)Oc1ccc(CCCN(C)CC(c2ccc(Cl)cc2)c2ccc(Cl)cc2)cc1)C(F)(F)F. The maximum atomic E-state index is 14.9. The van der Waals surface area contributed by atoms with E-state index in [0.717, 1.165) is 98.5 Å². The van der Waals surface area contributed by atoms with E-state index < -0.39 is 49.7 Å². The molecule has 3 unspecified atom stereocenters. The molecule has 0 spiro atoms. The Bertz CT molecular complexity index is 3220. The summed E-state index contributed by atoms with van der Waals surface area (Å²) < 4.78 is 83.5. The van der Waals surface area contributed by atoms with Crippen LogP contribution in [-0.4, -0.2) is 126 Å². The van der Waals surface area contributed by atoms with Gasteiger partial charge in [0.15, 0.2) is 20.5 Å². The molecule has 12 nitrogen and oxygen atoms in total. The van der Waals surface area contributed by atoms with Crippen LogP contribution in [0.15, 0.2) is 146 Å². The molecule has 0 N–H and O–H groups in total. The normalized spacial score (nSPS) is 13.4. The van der Waals surface area contributed by atoms with Gasteiger partial charge in [-0.15, -0.1) is 0 Å². The third-order valence-corrected chi connectivity index (χ3v) is 18.0. The van der Waals surface area contributed by atoms with Gasteiger partial charge in [0.05, 0.1) is 7.11 Å². The lowest BCUT2D eigenvalue weighted by molar-refractivity contribution is -0.374. The lowest BCUT2D eigenvalue weighted by atomic mass is 9.91. The summed E-state index contributed by atoms with van der Waals surface area (Å²) in [4.78, 5) is 41.1. The number of carbonyl (C=O) groups excluding carboxylic acids is 3. The van der Waals surface area contributed by atoms with Gasteiger partial charge >= 0.3 is 24.1 Å². The number of alkyl halides is 3. The molecular formula is C78H103Cl4F3N2O10Si. The van der Waals surface area contributed by atoms with Crippen LogP contribution in [0.3, 0.4) is 0 Å². The van der Waals surface area contributed by atoms with Crippen molar-refractivity contribution < 1.29 is 60.4 Å². The first-order chi connectivity index (χ1) is 46.1. The van der Waals surface area contributed by atoms with Crippen LogP contribution in [-0.2, 0) is 50.6 Å². The average Bonchev–Trinajstić information content (AvgIpc) is 0.765. The van der Waals surface area contributed by atoms with Gasteiger partial charge in [-0.2, -0.15) is 13.2 Å². The highest BCUT2D eigenvalue weighted by molar-refractivity contribution is 6.69. The molecule has 0 saturated heterocycles. The summed E-state index contributed by atoms with van der Waals surface area (Å²) in [6, 6.07) is 47.1. The molecule has 0 heterocycles. The molecule has 0 radical (unpaired) electrons. The molecule has 6 aromatic carbocycles. The Morgan fingerprint density at radius 1 is 0.469 bits per heavy atom. The second-order valence-electron chi connectivity index (χ2n) is 28.0. The van der Waals surface area contributed by atoms with Gasteiger partial charge < -0.3 is 42.6 Å². The van der Waals surface area contributed by atoms with Gasteiger partial charge in [-0.3, -0.25) is 9.59 Å². The molecule has 0 amide bonds. The summed E-state index contributed by atoms with van der Waals surface area (Å²) in [5.74, 6) is -2.63. The van der Waals surface area contributed by atoms with E-state index in [1.807, 2.05) is 93.6 Å². The Morgan fingerprint density at radius 2 is 0.816 bits per heavy atom. The highest BCUT2D eigenvalue weighted by atomic mass is 35.5. The zero-order valence-corrected chi connectivity index (χ0v) is 63.5. The quantitative estimate of drug-likeness (QED) is 0.0121. The number of nitrogens with zero attached hydrogens (tertiary/aromatic N) is 2. The van der Waals surface area contributed by atoms with Crippen LogP contribution in [0.1, 0.15) is 164 Å². The van der Waals surface area contributed by atoms with Crippen LogP contribution in [0.2, 0.25) is 39.7 Å². The topological polar surface area (TPSA) is 122 Å². The molecular weight excluding hydrogens is 1350 g/mol. The number of unbranched alkanes of at least 4 members (excludes halogenated alkanes) is 4. The lowest BCUT2D eigenvalue weighted by Crippen LogP contribution is -2.63. The molecule has 0 aromatic heterocycles. The molecule has 0 aliphatic rings. The van der Waals surface area contributed by atoms with E-state index in [2.05, 4.69) is 84.6 Å². The fraction of sp³-hybridized carbons (Fsp3) is 0.500. The zero-order valence-electron chi connectivity index (χ0n) is 59.5. The molecule has 6 rings (SSSR count). The molecule has 0 fully saturated rings. The van der Waals surface area contributed by atoms with Gasteiger partial charge in [0.2, 0.25) is 0 Å². The number of rotatable bonds is 37. The monoisotopic (exact) mass is 1450 g/mol. The van der Waals surface area contributed by atoms with Gasteiger partial charge in [-0.05, 0) is 259 Å². The van der Waals surface area contributed by atoms with E-state index in [0.29, 0.717) is 60.1 Å². The minimum atomic E-state index is -4.87. The first-order valence-corrected chi connectivity index (χ1v) is 38.8. The van der Waals surface area contributed by atoms with Crippen molar-refractivity contribution in [3.05, 3.63) is 199 Å². The van der Waals surface area contributed by atoms with E-state index >= 15 is 0 Å². The van der Waals surface area contributed by atoms with Gasteiger partial charge in [-0.1, -0.05) is 132 Å². The Morgan fingerprint density at radius 3 is 1.13 bits per heavy atom. The summed E-state index contributed by atoms with van der Waals surface area (Å²) in [5.41, 5.74) is 5.94. The summed E-state index contributed by atoms with van der Waals surface area (Å²) in [7, 11) is 3.85. The summed E-state index contributed by atoms with van der Waals surface area (Å²) in [5, 5.41) is 2.83. The number of esters is 3. The molecule has 20 heteroatoms. The van der Waals surface area contributed by atoms with Crippen LogP contribution in [0.5, 0.6) is 11.5 Å². The highest BCUT2D eigenvalue weighted by Gasteiger charge is 2.64. The molecule has 98 heavy (non-hydrogen) atoms. The third-order valence-electron chi connectivity index (χ3n) is 16.1. The van der Waals surface area contributed by atoms with Gasteiger partial charge in [-0.25, -0.2) is 4.79 Å². The molecule has 538 valence electrons. The number of hydrogen-bond acceptors (Lipinski definition) is 12. The van der Waals surface area contributed by atoms with Gasteiger partial charge in [0, 0.05) is 65.0 Å². The van der Waals surface area contributed by atoms with Crippen LogP contribution in [0, 0.1) is 0 Å². The van der Waals surface area contributed by atoms with E-state index in [1.54, 1.807) is 52.5 Å². The van der Waals surface area contributed by atoms with Crippen molar-refractivity contribution in [1.82, 2.24) is 9.80 Å². The first kappa shape index (κ1) is 83.0. The van der Waals surface area contributed by atoms with Crippen molar-refractivity contribution in [1.29, 1.82) is 0 Å². The third kappa shape index (κ3) is 30.3. The minimum Gasteiger partial charge on any atom is -0.484 e. The van der Waals surface area contributed by atoms with Crippen molar-refractivity contribution in [3.8, 4) is 11.5 Å². The summed E-state index contributed by atoms with van der Waals surface area (Å²) >= 11 is 24.6. The van der Waals surface area contributed by atoms with Crippen LogP contribution < -0.4 is 9.47 Å². The first-order valence-electron chi connectivity index (χ1n) is 33.9. The molecule has 0 aliphatic heterocycles. The maximum Gasteiger partial charge on any atom is 0.446 e. The van der Waals surface area contributed by atoms with Crippen molar-refractivity contribution in [2.24, 2.45) is 0 Å². The number of aryl methyl sites for hydroxylation is 2. The predicted octanol–water partition coefficient (Wildman–Crippen LogP) is 20.4. The van der Waals surface area contributed by atoms with Crippen LogP contribution in [0.25, 0.3) is 0 Å². The minimum absolute atomic E-state index is 0.00721. The van der Waals surface area contributed by atoms with E-state index in [4.69, 9.17) is 79.3 Å². The number of carbonyl (C=O) groups is 3. The fourth-order valence-corrected chi connectivity index (χ4v) is 13.1. The maximum absolute atomic E-state index is 14.9. The van der Waals surface area contributed by atoms with Crippen molar-refractivity contribution >= 4 is 72.6 Å². The van der Waals surface area contributed by atoms with E-state index in [-0.39, 0.29) is 36.6 Å². The molecule has 0 saturated carbocycles. The Kier molecular flexibility index (Phi) is 34.0. The van der Waals surface area contributed by atoms with E-state index in [9.17, 15) is 27.6 Å². The second kappa shape index (κ2) is 40.1. The highest BCUT2D eigenvalue weighted by Crippen LogP contribution is 2.43. The number of ether oxygens (including phenoxy) is 6. The largest absolute Gasteiger partial charge is 0.484 e. The van der Waals surface area contributed by atoms with E-state index in [1.165, 1.54) is 23.8 Å². The summed E-state index contributed by atoms with van der Waals surface area (Å²) in [6.45, 7) is 19.5. The van der Waals surface area contributed by atoms with Gasteiger partial charge in [0.25, 0.3) is 5.79 Å². The summed E-state index contributed by atoms with van der Waals surface area (Å²) in [6.07, 6.45) is 1.22. The number of methoxy groups -OCH3 is 2. The number of hydrogen-bond donors (Lipinski definition) is 0. The molecule has 6 aromatic rings. The van der Waals surface area contributed by atoms with Crippen molar-refractivity contribution in [3.63, 3.8) is 0 Å². The van der Waals surface area contributed by atoms with Crippen LogP contribution in [0.4, 0.5) is 13.2 Å². The number of likely N-dealkylation sites (N-methyl/N-ethyl adjacent to an activating group) is 2. The molecule has 0 aliphatic carbocycles. The lowest BCUT2D eigenvalue weighted by Gasteiger charge is -2.43. The molecule has 3 atom stereocenters. The van der Waals surface area contributed by atoms with Crippen molar-refractivity contribution in [2.75, 3.05) is 54.5 Å². The Labute approximate surface area is 602 Å². The predicted molar refractivity (Wildman–Crippen MR) is 393 cm³/mol. The number of benzene rings is 6. The van der Waals surface area contributed by atoms with Crippen molar-refractivity contribution in [2.45, 2.75) is 198 Å². The van der Waals surface area contributed by atoms with Crippen LogP contribution >= 0.6 is 46.4 Å². The molecule has 0 bridgehead atoms. The average molecular weight is 1460 g/mol. The smallest absolute Gasteiger partial charge is 0.446 e. The zero-order chi connectivity index (χ0) is 72.3. The standard InChI is InChI=1S/C41H56Cl2F3NO5Si.C37H47Cl2NO5/c1-39(2,3)51-38(48)15-11-9-10-14-37(40(49-5,41(44,45)46)52-53(6,7)8)50-35-26-16-30(17-27-35)13-12-28-47(4)29-36(31-18-22-33(42)23-19-31)32-20-24-34(43)25-21-32;1-37(2,3)45-35(41)12-8-6-7-11-34(36(42)43-5)44-32-23-13-27(14-24-32)10-9-25-40(4)26-33(28-15-19-30(38)20-16-28)29-17-21-31(39)22-18-29/h16-27,36-37H,9-15,28-29H2,1-8H3;13-24,33-34H,6-12,25-26H2,1-5H3.